The average molecular weight is 374 g/mol. The number of anilines is 1. The molecule has 1 aromatic heterocycles. The molecule has 2 aromatic rings. The summed E-state index contributed by atoms with van der Waals surface area (Å²) in [6.07, 6.45) is 6.37. The van der Waals surface area contributed by atoms with Gasteiger partial charge in [-0.05, 0) is 69.3 Å². The highest BCUT2D eigenvalue weighted by molar-refractivity contribution is 7.13. The molecule has 0 spiro atoms. The number of hydrogen-bond donors (Lipinski definition) is 1. The number of nitrogens with one attached hydrogen (secondary N) is 1. The number of nitrogens with zero attached hydrogens (tertiary/aromatic N) is 2. The summed E-state index contributed by atoms with van der Waals surface area (Å²) in [6, 6.07) is 8.46. The molecule has 26 heavy (non-hydrogen) atoms. The summed E-state index contributed by atoms with van der Waals surface area (Å²) in [7, 11) is 0. The fourth-order valence-corrected chi connectivity index (χ4v) is 3.92. The molecule has 0 unspecified atom stereocenters. The third-order valence-corrected chi connectivity index (χ3v) is 5.52. The smallest absolute Gasteiger partial charge is 0.240 e. The van der Waals surface area contributed by atoms with Crippen LogP contribution in [-0.4, -0.2) is 42.0 Å². The summed E-state index contributed by atoms with van der Waals surface area (Å²) in [5.74, 6) is 1.73. The lowest BCUT2D eigenvalue weighted by atomic mass is 9.90. The maximum atomic E-state index is 12.0. The van der Waals surface area contributed by atoms with Crippen molar-refractivity contribution < 1.29 is 9.53 Å². The van der Waals surface area contributed by atoms with E-state index in [2.05, 4.69) is 39.5 Å². The molecular weight excluding hydrogens is 346 g/mol. The summed E-state index contributed by atoms with van der Waals surface area (Å²) in [4.78, 5) is 18.4. The first-order chi connectivity index (χ1) is 12.7. The second kappa shape index (κ2) is 9.69. The Labute approximate surface area is 159 Å². The van der Waals surface area contributed by atoms with E-state index in [1.54, 1.807) is 6.20 Å². The van der Waals surface area contributed by atoms with Crippen molar-refractivity contribution in [1.82, 2.24) is 9.88 Å². The summed E-state index contributed by atoms with van der Waals surface area (Å²) in [5, 5.41) is 5.40. The third kappa shape index (κ3) is 5.81. The first-order valence-electron chi connectivity index (χ1n) is 9.36. The number of ether oxygens (including phenoxy) is 1. The van der Waals surface area contributed by atoms with E-state index in [0.717, 1.165) is 31.2 Å². The molecule has 140 valence electrons. The van der Waals surface area contributed by atoms with Crippen LogP contribution in [-0.2, 0) is 11.2 Å². The minimum atomic E-state index is 0.0350. The van der Waals surface area contributed by atoms with Gasteiger partial charge >= 0.3 is 0 Å². The highest BCUT2D eigenvalue weighted by atomic mass is 32.1. The highest BCUT2D eigenvalue weighted by Crippen LogP contribution is 2.23. The molecule has 1 fully saturated rings. The number of thiazole rings is 1. The number of benzene rings is 1. The molecule has 2 heterocycles. The minimum absolute atomic E-state index is 0.0350. The molecule has 0 saturated carbocycles. The molecule has 1 aliphatic rings. The van der Waals surface area contributed by atoms with Gasteiger partial charge in [-0.25, -0.2) is 4.98 Å². The van der Waals surface area contributed by atoms with Gasteiger partial charge in [-0.1, -0.05) is 12.1 Å². The Hall–Kier alpha value is -1.92. The van der Waals surface area contributed by atoms with E-state index in [4.69, 9.17) is 4.74 Å². The largest absolute Gasteiger partial charge is 0.494 e. The summed E-state index contributed by atoms with van der Waals surface area (Å²) in [6.45, 7) is 5.17. The highest BCUT2D eigenvalue weighted by Gasteiger charge is 2.21. The number of hydrogen-bond acceptors (Lipinski definition) is 5. The third-order valence-electron chi connectivity index (χ3n) is 4.83. The van der Waals surface area contributed by atoms with Gasteiger partial charge in [0.2, 0.25) is 5.91 Å². The van der Waals surface area contributed by atoms with E-state index in [-0.39, 0.29) is 5.91 Å². The van der Waals surface area contributed by atoms with Gasteiger partial charge in [-0.2, -0.15) is 0 Å². The fraction of sp³-hybridized carbons (Fsp3) is 0.500. The van der Waals surface area contributed by atoms with Gasteiger partial charge in [0.1, 0.15) is 5.75 Å². The zero-order valence-electron chi connectivity index (χ0n) is 15.3. The Bertz CT molecular complexity index is 665. The van der Waals surface area contributed by atoms with E-state index in [1.165, 1.54) is 36.2 Å². The molecule has 5 nitrogen and oxygen atoms in total. The van der Waals surface area contributed by atoms with Crippen molar-refractivity contribution in [2.75, 3.05) is 31.6 Å². The quantitative estimate of drug-likeness (QED) is 0.764. The van der Waals surface area contributed by atoms with E-state index < -0.39 is 0 Å². The van der Waals surface area contributed by atoms with Gasteiger partial charge in [0.15, 0.2) is 5.13 Å². The zero-order chi connectivity index (χ0) is 18.2. The van der Waals surface area contributed by atoms with Gasteiger partial charge in [-0.3, -0.25) is 9.69 Å². The molecule has 3 rings (SSSR count). The Morgan fingerprint density at radius 3 is 2.73 bits per heavy atom. The first kappa shape index (κ1) is 18.9. The number of amides is 1. The lowest BCUT2D eigenvalue weighted by molar-refractivity contribution is -0.117. The molecule has 1 saturated heterocycles. The van der Waals surface area contributed by atoms with Crippen LogP contribution >= 0.6 is 11.3 Å². The predicted octanol–water partition coefficient (Wildman–Crippen LogP) is 3.83. The van der Waals surface area contributed by atoms with Crippen molar-refractivity contribution in [2.24, 2.45) is 5.92 Å². The first-order valence-corrected chi connectivity index (χ1v) is 10.2. The number of likely N-dealkylation sites (tertiary alicyclic amines) is 1. The molecule has 0 bridgehead atoms. The SMILES string of the molecule is CCOc1ccc(CCC2CCN(CC(=O)Nc3nccs3)CC2)cc1. The van der Waals surface area contributed by atoms with Crippen LogP contribution in [0.5, 0.6) is 5.75 Å². The molecule has 1 aromatic carbocycles. The van der Waals surface area contributed by atoms with Crippen LogP contribution < -0.4 is 10.1 Å². The minimum Gasteiger partial charge on any atom is -0.494 e. The maximum Gasteiger partial charge on any atom is 0.240 e. The van der Waals surface area contributed by atoms with Gasteiger partial charge in [0, 0.05) is 11.6 Å². The van der Waals surface area contributed by atoms with Crippen LogP contribution in [0, 0.1) is 5.92 Å². The number of aryl methyl sites for hydroxylation is 1. The van der Waals surface area contributed by atoms with Crippen molar-refractivity contribution in [3.05, 3.63) is 41.4 Å². The maximum absolute atomic E-state index is 12.0. The van der Waals surface area contributed by atoms with Gasteiger partial charge < -0.3 is 10.1 Å². The molecule has 0 radical (unpaired) electrons. The Morgan fingerprint density at radius 1 is 1.31 bits per heavy atom. The Balaban J connectivity index is 1.35. The second-order valence-corrected chi connectivity index (χ2v) is 7.62. The normalized spacial score (nSPS) is 15.7. The summed E-state index contributed by atoms with van der Waals surface area (Å²) in [5.41, 5.74) is 1.37. The van der Waals surface area contributed by atoms with E-state index in [9.17, 15) is 4.79 Å². The predicted molar refractivity (Wildman–Crippen MR) is 106 cm³/mol. The molecule has 0 atom stereocenters. The van der Waals surface area contributed by atoms with Crippen LogP contribution in [0.4, 0.5) is 5.13 Å². The van der Waals surface area contributed by atoms with Crippen LogP contribution in [0.25, 0.3) is 0 Å². The zero-order valence-corrected chi connectivity index (χ0v) is 16.1. The Kier molecular flexibility index (Phi) is 7.03. The lowest BCUT2D eigenvalue weighted by Crippen LogP contribution is -2.39. The van der Waals surface area contributed by atoms with Crippen molar-refractivity contribution in [2.45, 2.75) is 32.6 Å². The van der Waals surface area contributed by atoms with Crippen LogP contribution in [0.1, 0.15) is 31.7 Å². The number of carbonyl (C=O) groups excluding carboxylic acids is 1. The van der Waals surface area contributed by atoms with Gasteiger partial charge in [0.25, 0.3) is 0 Å². The molecular formula is C20H27N3O2S. The van der Waals surface area contributed by atoms with Crippen molar-refractivity contribution in [1.29, 1.82) is 0 Å². The number of piperidine rings is 1. The molecule has 1 aliphatic heterocycles. The number of aromatic nitrogens is 1. The monoisotopic (exact) mass is 373 g/mol. The van der Waals surface area contributed by atoms with Crippen molar-refractivity contribution in [3.8, 4) is 5.75 Å². The van der Waals surface area contributed by atoms with E-state index >= 15 is 0 Å². The van der Waals surface area contributed by atoms with Crippen molar-refractivity contribution >= 4 is 22.4 Å². The summed E-state index contributed by atoms with van der Waals surface area (Å²) >= 11 is 1.45. The molecule has 1 amide bonds. The fourth-order valence-electron chi connectivity index (χ4n) is 3.37. The second-order valence-electron chi connectivity index (χ2n) is 6.72. The number of carbonyl (C=O) groups is 1. The standard InChI is InChI=1S/C20H27N3O2S/c1-2-25-18-7-5-16(6-8-18)3-4-17-9-12-23(13-10-17)15-19(24)22-20-21-11-14-26-20/h5-8,11,14,17H,2-4,9-10,12-13,15H2,1H3,(H,21,22,24). The lowest BCUT2D eigenvalue weighted by Gasteiger charge is -2.31. The van der Waals surface area contributed by atoms with Gasteiger partial charge in [0.05, 0.1) is 13.2 Å². The topological polar surface area (TPSA) is 54.5 Å². The van der Waals surface area contributed by atoms with E-state index in [0.29, 0.717) is 18.3 Å². The molecule has 6 heteroatoms. The van der Waals surface area contributed by atoms with Crippen LogP contribution in [0.15, 0.2) is 35.8 Å². The number of rotatable bonds is 8. The average Bonchev–Trinajstić information content (AvgIpc) is 3.15. The van der Waals surface area contributed by atoms with Crippen LogP contribution in [0.2, 0.25) is 0 Å². The van der Waals surface area contributed by atoms with Gasteiger partial charge in [-0.15, -0.1) is 11.3 Å². The van der Waals surface area contributed by atoms with Crippen LogP contribution in [0.3, 0.4) is 0 Å². The van der Waals surface area contributed by atoms with Crippen molar-refractivity contribution in [3.63, 3.8) is 0 Å². The Morgan fingerprint density at radius 2 is 2.08 bits per heavy atom. The molecule has 1 N–H and O–H groups in total. The van der Waals surface area contributed by atoms with E-state index in [1.807, 2.05) is 12.3 Å². The molecule has 0 aliphatic carbocycles. The summed E-state index contributed by atoms with van der Waals surface area (Å²) < 4.78 is 5.49.